The molecule has 3 heterocycles. The minimum absolute atomic E-state index is 0.0353. The van der Waals surface area contributed by atoms with Crippen LogP contribution in [0.3, 0.4) is 0 Å². The smallest absolute Gasteiger partial charge is 0.383 e. The van der Waals surface area contributed by atoms with Crippen LogP contribution in [0.25, 0.3) is 16.8 Å². The summed E-state index contributed by atoms with van der Waals surface area (Å²) in [6.45, 7) is 5.27. The third-order valence-electron chi connectivity index (χ3n) is 6.68. The van der Waals surface area contributed by atoms with Gasteiger partial charge in [0.05, 0.1) is 29.1 Å². The number of benzene rings is 1. The van der Waals surface area contributed by atoms with E-state index in [4.69, 9.17) is 10.5 Å². The van der Waals surface area contributed by atoms with E-state index in [1.54, 1.807) is 13.8 Å². The number of aromatic nitrogens is 3. The number of nitrogens with one attached hydrogen (secondary N) is 1. The van der Waals surface area contributed by atoms with Gasteiger partial charge in [-0.15, -0.1) is 0 Å². The standard InChI is InChI=1S/C25H28F3N7O4/c1-14(36)34-9-8-33(23(38)24(34,2)3)19-11-15(5-6-16(19)22(37)30-7-10-39-4)18-12-17(25(26,27)28)20-21(29)31-13-32-35(18)20/h5-6,11-13H,7-10H2,1-4H3,(H,30,37)(H2,29,31,32). The van der Waals surface area contributed by atoms with Crippen LogP contribution >= 0.6 is 0 Å². The fraction of sp³-hybridized carbons (Fsp3) is 0.400. The second-order valence-corrected chi connectivity index (χ2v) is 9.51. The first kappa shape index (κ1) is 27.8. The number of alkyl halides is 3. The predicted molar refractivity (Wildman–Crippen MR) is 136 cm³/mol. The SMILES string of the molecule is COCCNC(=O)c1ccc(-c2cc(C(F)(F)F)c3c(N)ncnn23)cc1N1CCN(C(C)=O)C(C)(C)C1=O. The Morgan fingerprint density at radius 1 is 1.21 bits per heavy atom. The van der Waals surface area contributed by atoms with E-state index in [0.29, 0.717) is 0 Å². The first-order chi connectivity index (χ1) is 18.3. The van der Waals surface area contributed by atoms with Crippen LogP contribution in [0.1, 0.15) is 36.7 Å². The highest BCUT2D eigenvalue weighted by Gasteiger charge is 2.44. The van der Waals surface area contributed by atoms with Crippen molar-refractivity contribution in [1.29, 1.82) is 0 Å². The van der Waals surface area contributed by atoms with Crippen LogP contribution < -0.4 is 16.0 Å². The number of halogens is 3. The molecule has 1 saturated heterocycles. The van der Waals surface area contributed by atoms with Crippen molar-refractivity contribution >= 4 is 34.7 Å². The average molecular weight is 548 g/mol. The predicted octanol–water partition coefficient (Wildman–Crippen LogP) is 2.35. The van der Waals surface area contributed by atoms with Gasteiger partial charge in [0.2, 0.25) is 5.91 Å². The van der Waals surface area contributed by atoms with E-state index in [1.165, 1.54) is 42.0 Å². The van der Waals surface area contributed by atoms with Crippen molar-refractivity contribution in [2.24, 2.45) is 0 Å². The summed E-state index contributed by atoms with van der Waals surface area (Å²) in [6.07, 6.45) is -3.70. The third kappa shape index (κ3) is 4.99. The maximum absolute atomic E-state index is 13.9. The lowest BCUT2D eigenvalue weighted by Crippen LogP contribution is -2.64. The highest BCUT2D eigenvalue weighted by Crippen LogP contribution is 2.40. The molecule has 1 aromatic carbocycles. The molecule has 3 N–H and O–H groups in total. The number of hydrogen-bond donors (Lipinski definition) is 2. The molecule has 1 aliphatic heterocycles. The number of carbonyl (C=O) groups excluding carboxylic acids is 3. The van der Waals surface area contributed by atoms with Gasteiger partial charge >= 0.3 is 6.18 Å². The molecule has 208 valence electrons. The molecule has 0 aliphatic carbocycles. The van der Waals surface area contributed by atoms with Crippen LogP contribution in [0.5, 0.6) is 0 Å². The van der Waals surface area contributed by atoms with Gasteiger partial charge in [0.1, 0.15) is 17.4 Å². The van der Waals surface area contributed by atoms with Gasteiger partial charge < -0.3 is 25.6 Å². The van der Waals surface area contributed by atoms with Crippen LogP contribution in [-0.2, 0) is 20.5 Å². The van der Waals surface area contributed by atoms with Crippen molar-refractivity contribution in [3.63, 3.8) is 0 Å². The van der Waals surface area contributed by atoms with Gasteiger partial charge in [-0.1, -0.05) is 6.07 Å². The van der Waals surface area contributed by atoms with E-state index in [-0.39, 0.29) is 60.5 Å². The number of rotatable bonds is 6. The maximum Gasteiger partial charge on any atom is 0.418 e. The van der Waals surface area contributed by atoms with Gasteiger partial charge in [-0.25, -0.2) is 9.50 Å². The molecular formula is C25H28F3N7O4. The lowest BCUT2D eigenvalue weighted by molar-refractivity contribution is -0.145. The largest absolute Gasteiger partial charge is 0.418 e. The van der Waals surface area contributed by atoms with E-state index >= 15 is 0 Å². The summed E-state index contributed by atoms with van der Waals surface area (Å²) in [7, 11) is 1.48. The highest BCUT2D eigenvalue weighted by molar-refractivity contribution is 6.09. The molecule has 1 fully saturated rings. The van der Waals surface area contributed by atoms with Gasteiger partial charge in [0.25, 0.3) is 11.8 Å². The van der Waals surface area contributed by atoms with E-state index in [0.717, 1.165) is 16.9 Å². The van der Waals surface area contributed by atoms with Crippen molar-refractivity contribution in [3.8, 4) is 11.3 Å². The summed E-state index contributed by atoms with van der Waals surface area (Å²) < 4.78 is 47.6. The average Bonchev–Trinajstić information content (AvgIpc) is 3.27. The zero-order valence-electron chi connectivity index (χ0n) is 21.8. The van der Waals surface area contributed by atoms with E-state index in [2.05, 4.69) is 15.4 Å². The van der Waals surface area contributed by atoms with Gasteiger partial charge in [-0.2, -0.15) is 18.3 Å². The maximum atomic E-state index is 13.9. The molecule has 0 saturated carbocycles. The number of hydrogen-bond acceptors (Lipinski definition) is 7. The number of methoxy groups -OCH3 is 1. The fourth-order valence-electron chi connectivity index (χ4n) is 4.77. The van der Waals surface area contributed by atoms with Crippen molar-refractivity contribution in [1.82, 2.24) is 24.8 Å². The Kier molecular flexibility index (Phi) is 7.25. The van der Waals surface area contributed by atoms with Crippen LogP contribution in [0.2, 0.25) is 0 Å². The molecular weight excluding hydrogens is 519 g/mol. The van der Waals surface area contributed by atoms with Gasteiger partial charge in [0.15, 0.2) is 5.82 Å². The van der Waals surface area contributed by atoms with Crippen LogP contribution in [0.15, 0.2) is 30.6 Å². The summed E-state index contributed by atoms with van der Waals surface area (Å²) >= 11 is 0. The van der Waals surface area contributed by atoms with E-state index in [9.17, 15) is 27.6 Å². The third-order valence-corrected chi connectivity index (χ3v) is 6.68. The molecule has 3 aromatic rings. The van der Waals surface area contributed by atoms with E-state index < -0.39 is 34.6 Å². The van der Waals surface area contributed by atoms with Crippen molar-refractivity contribution in [3.05, 3.63) is 41.7 Å². The van der Waals surface area contributed by atoms with Gasteiger partial charge in [-0.3, -0.25) is 14.4 Å². The zero-order valence-corrected chi connectivity index (χ0v) is 21.8. The monoisotopic (exact) mass is 547 g/mol. The number of piperazine rings is 1. The molecule has 4 rings (SSSR count). The second kappa shape index (κ2) is 10.2. The summed E-state index contributed by atoms with van der Waals surface area (Å²) in [5, 5.41) is 6.68. The first-order valence-corrected chi connectivity index (χ1v) is 12.0. The number of nitrogens with zero attached hydrogens (tertiary/aromatic N) is 5. The number of fused-ring (bicyclic) bond motifs is 1. The van der Waals surface area contributed by atoms with Crippen molar-refractivity contribution in [2.45, 2.75) is 32.5 Å². The van der Waals surface area contributed by atoms with E-state index in [1.807, 2.05) is 0 Å². The quantitative estimate of drug-likeness (QED) is 0.453. The number of nitrogen functional groups attached to an aromatic ring is 1. The number of amides is 3. The number of nitrogens with two attached hydrogens (primary N) is 1. The zero-order chi connectivity index (χ0) is 28.7. The summed E-state index contributed by atoms with van der Waals surface area (Å²) in [6, 6.07) is 5.26. The molecule has 14 heteroatoms. The lowest BCUT2D eigenvalue weighted by Gasteiger charge is -2.45. The molecule has 0 bridgehead atoms. The molecule has 2 aromatic heterocycles. The fourth-order valence-corrected chi connectivity index (χ4v) is 4.77. The van der Waals surface area contributed by atoms with Crippen LogP contribution in [0, 0.1) is 0 Å². The molecule has 3 amide bonds. The summed E-state index contributed by atoms with van der Waals surface area (Å²) in [4.78, 5) is 45.4. The molecule has 0 radical (unpaired) electrons. The Balaban J connectivity index is 1.89. The molecule has 11 nitrogen and oxygen atoms in total. The highest BCUT2D eigenvalue weighted by atomic mass is 19.4. The Morgan fingerprint density at radius 3 is 2.56 bits per heavy atom. The first-order valence-electron chi connectivity index (χ1n) is 12.0. The molecule has 1 aliphatic rings. The minimum atomic E-state index is -4.74. The number of ether oxygens (including phenoxy) is 1. The van der Waals surface area contributed by atoms with Crippen LogP contribution in [-0.4, -0.2) is 76.1 Å². The molecule has 39 heavy (non-hydrogen) atoms. The molecule has 0 spiro atoms. The lowest BCUT2D eigenvalue weighted by atomic mass is 9.95. The normalized spacial score (nSPS) is 15.6. The van der Waals surface area contributed by atoms with Gasteiger partial charge in [0, 0.05) is 39.2 Å². The Bertz CT molecular complexity index is 1450. The Hall–Kier alpha value is -4.20. The Labute approximate surface area is 221 Å². The molecule has 0 unspecified atom stereocenters. The summed E-state index contributed by atoms with van der Waals surface area (Å²) in [5.41, 5.74) is 3.71. The van der Waals surface area contributed by atoms with Gasteiger partial charge in [-0.05, 0) is 32.0 Å². The molecule has 0 atom stereocenters. The van der Waals surface area contributed by atoms with Crippen molar-refractivity contribution in [2.75, 3.05) is 44.0 Å². The van der Waals surface area contributed by atoms with Crippen LogP contribution in [0.4, 0.5) is 24.7 Å². The minimum Gasteiger partial charge on any atom is -0.383 e. The Morgan fingerprint density at radius 2 is 1.92 bits per heavy atom. The number of anilines is 2. The topological polar surface area (TPSA) is 135 Å². The van der Waals surface area contributed by atoms with Crippen molar-refractivity contribution < 1.29 is 32.3 Å². The number of carbonyl (C=O) groups is 3. The second-order valence-electron chi connectivity index (χ2n) is 9.51. The summed E-state index contributed by atoms with van der Waals surface area (Å²) in [5.74, 6) is -1.59.